The van der Waals surface area contributed by atoms with Crippen molar-refractivity contribution < 1.29 is 0 Å². The van der Waals surface area contributed by atoms with Crippen LogP contribution in [0.4, 0.5) is 0 Å². The maximum absolute atomic E-state index is 11.5. The monoisotopic (exact) mass is 224 g/mol. The highest BCUT2D eigenvalue weighted by Gasteiger charge is 2.05. The number of nitrogens with one attached hydrogen (secondary N) is 1. The number of aromatic nitrogens is 1. The van der Waals surface area contributed by atoms with Crippen LogP contribution in [0.25, 0.3) is 11.3 Å². The summed E-state index contributed by atoms with van der Waals surface area (Å²) in [6, 6.07) is 11.2. The number of rotatable bonds is 1. The normalized spacial score (nSPS) is 9.94. The lowest BCUT2D eigenvalue weighted by molar-refractivity contribution is 1.21. The van der Waals surface area contributed by atoms with Crippen LogP contribution >= 0.6 is 0 Å². The maximum atomic E-state index is 11.5. The second-order valence-corrected chi connectivity index (χ2v) is 4.04. The minimum absolute atomic E-state index is 0.138. The van der Waals surface area contributed by atoms with Crippen molar-refractivity contribution in [3.63, 3.8) is 0 Å². The molecule has 1 aromatic heterocycles. The van der Waals surface area contributed by atoms with Crippen molar-refractivity contribution >= 4 is 0 Å². The summed E-state index contributed by atoms with van der Waals surface area (Å²) in [5.41, 5.74) is 3.81. The second kappa shape index (κ2) is 4.26. The Kier molecular flexibility index (Phi) is 2.80. The molecule has 3 heteroatoms. The molecule has 1 aromatic carbocycles. The largest absolute Gasteiger partial charge is 0.321 e. The lowest BCUT2D eigenvalue weighted by Crippen LogP contribution is -2.10. The molecule has 0 bridgehead atoms. The zero-order valence-corrected chi connectivity index (χ0v) is 9.74. The Balaban J connectivity index is 2.58. The molecule has 0 saturated carbocycles. The van der Waals surface area contributed by atoms with E-state index in [-0.39, 0.29) is 11.1 Å². The van der Waals surface area contributed by atoms with Crippen molar-refractivity contribution in [1.29, 1.82) is 5.26 Å². The first-order valence-corrected chi connectivity index (χ1v) is 5.33. The van der Waals surface area contributed by atoms with E-state index in [1.54, 1.807) is 12.1 Å². The van der Waals surface area contributed by atoms with Gasteiger partial charge in [0.15, 0.2) is 0 Å². The first-order valence-electron chi connectivity index (χ1n) is 5.33. The first-order chi connectivity index (χ1) is 8.11. The third kappa shape index (κ3) is 2.11. The standard InChI is InChI=1S/C14H12N2O/c1-9-3-5-12(10(2)7-9)13-6-4-11(8-15)14(17)16-13/h3-7H,1-2H3,(H,16,17). The van der Waals surface area contributed by atoms with E-state index in [2.05, 4.69) is 11.1 Å². The molecule has 0 atom stereocenters. The van der Waals surface area contributed by atoms with Crippen LogP contribution in [-0.2, 0) is 0 Å². The summed E-state index contributed by atoms with van der Waals surface area (Å²) in [7, 11) is 0. The molecule has 0 aliphatic rings. The van der Waals surface area contributed by atoms with Gasteiger partial charge in [0.1, 0.15) is 11.6 Å². The minimum Gasteiger partial charge on any atom is -0.321 e. The number of hydrogen-bond acceptors (Lipinski definition) is 2. The molecular formula is C14H12N2O. The lowest BCUT2D eigenvalue weighted by atomic mass is 10.0. The second-order valence-electron chi connectivity index (χ2n) is 4.04. The van der Waals surface area contributed by atoms with Gasteiger partial charge in [0, 0.05) is 11.3 Å². The number of H-pyrrole nitrogens is 1. The van der Waals surface area contributed by atoms with E-state index in [1.165, 1.54) is 5.56 Å². The summed E-state index contributed by atoms with van der Waals surface area (Å²) >= 11 is 0. The average Bonchev–Trinajstić information content (AvgIpc) is 2.29. The Morgan fingerprint density at radius 2 is 1.94 bits per heavy atom. The molecule has 2 aromatic rings. The van der Waals surface area contributed by atoms with Gasteiger partial charge in [-0.05, 0) is 31.5 Å². The van der Waals surface area contributed by atoms with Gasteiger partial charge in [-0.25, -0.2) is 0 Å². The van der Waals surface area contributed by atoms with Gasteiger partial charge in [-0.2, -0.15) is 5.26 Å². The quantitative estimate of drug-likeness (QED) is 0.809. The number of nitrogens with zero attached hydrogens (tertiary/aromatic N) is 1. The third-order valence-corrected chi connectivity index (χ3v) is 2.70. The summed E-state index contributed by atoms with van der Waals surface area (Å²) in [5.74, 6) is 0. The fourth-order valence-electron chi connectivity index (χ4n) is 1.83. The van der Waals surface area contributed by atoms with Crippen molar-refractivity contribution in [2.45, 2.75) is 13.8 Å². The van der Waals surface area contributed by atoms with Gasteiger partial charge in [-0.15, -0.1) is 0 Å². The summed E-state index contributed by atoms with van der Waals surface area (Å²) in [4.78, 5) is 14.3. The molecule has 0 unspecified atom stereocenters. The Labute approximate surface area is 99.4 Å². The molecule has 1 N–H and O–H groups in total. The number of aryl methyl sites for hydroxylation is 2. The smallest absolute Gasteiger partial charge is 0.266 e. The number of hydrogen-bond donors (Lipinski definition) is 1. The third-order valence-electron chi connectivity index (χ3n) is 2.70. The van der Waals surface area contributed by atoms with Crippen LogP contribution in [0.5, 0.6) is 0 Å². The van der Waals surface area contributed by atoms with Crippen molar-refractivity contribution in [2.75, 3.05) is 0 Å². The van der Waals surface area contributed by atoms with Crippen LogP contribution in [0.2, 0.25) is 0 Å². The van der Waals surface area contributed by atoms with Crippen LogP contribution in [0.15, 0.2) is 35.1 Å². The van der Waals surface area contributed by atoms with Crippen LogP contribution in [0.1, 0.15) is 16.7 Å². The molecule has 0 amide bonds. The molecular weight excluding hydrogens is 212 g/mol. The number of pyridine rings is 1. The van der Waals surface area contributed by atoms with E-state index in [1.807, 2.05) is 32.0 Å². The molecule has 0 radical (unpaired) electrons. The van der Waals surface area contributed by atoms with Crippen molar-refractivity contribution in [2.24, 2.45) is 0 Å². The van der Waals surface area contributed by atoms with Gasteiger partial charge in [-0.1, -0.05) is 23.8 Å². The van der Waals surface area contributed by atoms with Crippen molar-refractivity contribution in [3.05, 3.63) is 57.4 Å². The summed E-state index contributed by atoms with van der Waals surface area (Å²) in [5, 5.41) is 8.70. The van der Waals surface area contributed by atoms with E-state index >= 15 is 0 Å². The predicted molar refractivity (Wildman–Crippen MR) is 66.7 cm³/mol. The Morgan fingerprint density at radius 3 is 2.53 bits per heavy atom. The van der Waals surface area contributed by atoms with Gasteiger partial charge in [-0.3, -0.25) is 4.79 Å². The summed E-state index contributed by atoms with van der Waals surface area (Å²) in [6.45, 7) is 4.02. The molecule has 2 rings (SSSR count). The molecule has 0 aliphatic carbocycles. The van der Waals surface area contributed by atoms with Gasteiger partial charge < -0.3 is 4.98 Å². The van der Waals surface area contributed by atoms with Gasteiger partial charge in [0.25, 0.3) is 5.56 Å². The molecule has 0 saturated heterocycles. The van der Waals surface area contributed by atoms with Gasteiger partial charge in [0.2, 0.25) is 0 Å². The molecule has 0 spiro atoms. The van der Waals surface area contributed by atoms with E-state index < -0.39 is 0 Å². The maximum Gasteiger partial charge on any atom is 0.266 e. The van der Waals surface area contributed by atoms with E-state index in [9.17, 15) is 4.79 Å². The molecule has 17 heavy (non-hydrogen) atoms. The zero-order valence-electron chi connectivity index (χ0n) is 9.74. The molecule has 3 nitrogen and oxygen atoms in total. The van der Waals surface area contributed by atoms with E-state index in [0.717, 1.165) is 16.8 Å². The number of aromatic amines is 1. The lowest BCUT2D eigenvalue weighted by Gasteiger charge is -2.06. The Hall–Kier alpha value is -2.34. The fourth-order valence-corrected chi connectivity index (χ4v) is 1.83. The predicted octanol–water partition coefficient (Wildman–Crippen LogP) is 2.53. The number of nitriles is 1. The van der Waals surface area contributed by atoms with Crippen LogP contribution in [0, 0.1) is 25.2 Å². The average molecular weight is 224 g/mol. The summed E-state index contributed by atoms with van der Waals surface area (Å²) < 4.78 is 0. The first kappa shape index (κ1) is 11.2. The van der Waals surface area contributed by atoms with Crippen LogP contribution in [-0.4, -0.2) is 4.98 Å². The molecule has 84 valence electrons. The Bertz CT molecular complexity index is 663. The fraction of sp³-hybridized carbons (Fsp3) is 0.143. The van der Waals surface area contributed by atoms with Crippen LogP contribution < -0.4 is 5.56 Å². The highest BCUT2D eigenvalue weighted by Crippen LogP contribution is 2.21. The van der Waals surface area contributed by atoms with Crippen molar-refractivity contribution in [3.8, 4) is 17.3 Å². The highest BCUT2D eigenvalue weighted by atomic mass is 16.1. The van der Waals surface area contributed by atoms with E-state index in [4.69, 9.17) is 5.26 Å². The minimum atomic E-state index is -0.343. The molecule has 1 heterocycles. The number of benzene rings is 1. The van der Waals surface area contributed by atoms with E-state index in [0.29, 0.717) is 0 Å². The molecule has 0 fully saturated rings. The van der Waals surface area contributed by atoms with Crippen LogP contribution in [0.3, 0.4) is 0 Å². The SMILES string of the molecule is Cc1ccc(-c2ccc(C#N)c(=O)[nH]2)c(C)c1. The highest BCUT2D eigenvalue weighted by molar-refractivity contribution is 5.64. The van der Waals surface area contributed by atoms with Crippen molar-refractivity contribution in [1.82, 2.24) is 4.98 Å². The van der Waals surface area contributed by atoms with Gasteiger partial charge >= 0.3 is 0 Å². The topological polar surface area (TPSA) is 56.6 Å². The zero-order chi connectivity index (χ0) is 12.4. The Morgan fingerprint density at radius 1 is 1.18 bits per heavy atom. The molecule has 0 aliphatic heterocycles. The summed E-state index contributed by atoms with van der Waals surface area (Å²) in [6.07, 6.45) is 0. The van der Waals surface area contributed by atoms with Gasteiger partial charge in [0.05, 0.1) is 0 Å².